The van der Waals surface area contributed by atoms with Crippen molar-refractivity contribution < 1.29 is 9.25 Å². The standard InChI is InChI=1S/C22H24N2O3S/c1-5-24(6-2)17-10-7-16-13-19(22(25)27-20(16)14-17)21(23-26-3)15-8-11-18(28-4)12-9-15/h7-14H,5-6H2,1-4H3/b23-21+. The van der Waals surface area contributed by atoms with E-state index in [4.69, 9.17) is 9.25 Å². The fourth-order valence-corrected chi connectivity index (χ4v) is 3.56. The minimum atomic E-state index is -0.436. The average molecular weight is 397 g/mol. The lowest BCUT2D eigenvalue weighted by molar-refractivity contribution is 0.214. The number of hydrogen-bond acceptors (Lipinski definition) is 6. The molecule has 6 heteroatoms. The van der Waals surface area contributed by atoms with Crippen LogP contribution in [0.25, 0.3) is 11.0 Å². The molecule has 0 atom stereocenters. The first kappa shape index (κ1) is 20.0. The molecule has 0 unspecified atom stereocenters. The Morgan fingerprint density at radius 3 is 2.43 bits per heavy atom. The van der Waals surface area contributed by atoms with E-state index < -0.39 is 5.63 Å². The molecule has 0 spiro atoms. The van der Waals surface area contributed by atoms with Gasteiger partial charge in [-0.15, -0.1) is 11.8 Å². The van der Waals surface area contributed by atoms with Gasteiger partial charge in [0.15, 0.2) is 0 Å². The summed E-state index contributed by atoms with van der Waals surface area (Å²) < 4.78 is 5.64. The highest BCUT2D eigenvalue weighted by atomic mass is 32.2. The Labute approximate surface area is 169 Å². The summed E-state index contributed by atoms with van der Waals surface area (Å²) in [6, 6.07) is 15.6. The zero-order chi connectivity index (χ0) is 20.1. The van der Waals surface area contributed by atoms with Gasteiger partial charge >= 0.3 is 5.63 Å². The number of thioether (sulfide) groups is 1. The third kappa shape index (κ3) is 4.07. The molecular formula is C22H24N2O3S. The topological polar surface area (TPSA) is 55.0 Å². The van der Waals surface area contributed by atoms with Gasteiger partial charge in [-0.05, 0) is 50.4 Å². The van der Waals surface area contributed by atoms with Crippen molar-refractivity contribution in [3.8, 4) is 0 Å². The second-order valence-corrected chi connectivity index (χ2v) is 7.07. The Balaban J connectivity index is 2.09. The van der Waals surface area contributed by atoms with Crippen LogP contribution in [0.2, 0.25) is 0 Å². The van der Waals surface area contributed by atoms with Crippen molar-refractivity contribution in [2.75, 3.05) is 31.4 Å². The predicted molar refractivity (Wildman–Crippen MR) is 117 cm³/mol. The van der Waals surface area contributed by atoms with Crippen LogP contribution in [0.15, 0.2) is 67.8 Å². The molecule has 1 aromatic heterocycles. The van der Waals surface area contributed by atoms with E-state index in [2.05, 4.69) is 23.9 Å². The summed E-state index contributed by atoms with van der Waals surface area (Å²) in [5.41, 5.74) is 2.79. The van der Waals surface area contributed by atoms with E-state index in [0.717, 1.165) is 34.6 Å². The first-order valence-electron chi connectivity index (χ1n) is 9.20. The third-order valence-electron chi connectivity index (χ3n) is 4.65. The highest BCUT2D eigenvalue weighted by molar-refractivity contribution is 7.98. The van der Waals surface area contributed by atoms with Gasteiger partial charge in [-0.1, -0.05) is 17.3 Å². The molecule has 2 aromatic carbocycles. The molecule has 1 heterocycles. The van der Waals surface area contributed by atoms with Gasteiger partial charge in [0.1, 0.15) is 18.4 Å². The SMILES string of the molecule is CCN(CC)c1ccc2cc(/C(=N/OC)c3ccc(SC)cc3)c(=O)oc2c1. The van der Waals surface area contributed by atoms with Crippen LogP contribution >= 0.6 is 11.8 Å². The van der Waals surface area contributed by atoms with E-state index in [1.54, 1.807) is 11.8 Å². The summed E-state index contributed by atoms with van der Waals surface area (Å²) in [6.07, 6.45) is 2.02. The molecule has 0 saturated carbocycles. The van der Waals surface area contributed by atoms with Crippen LogP contribution in [0, 0.1) is 0 Å². The summed E-state index contributed by atoms with van der Waals surface area (Å²) in [5.74, 6) is 0. The lowest BCUT2D eigenvalue weighted by Crippen LogP contribution is -2.21. The van der Waals surface area contributed by atoms with Crippen LogP contribution in [0.4, 0.5) is 5.69 Å². The number of benzene rings is 2. The molecule has 3 aromatic rings. The molecule has 0 N–H and O–H groups in total. The van der Waals surface area contributed by atoms with E-state index in [1.807, 2.05) is 54.8 Å². The second-order valence-electron chi connectivity index (χ2n) is 6.19. The Bertz CT molecular complexity index is 1040. The molecule has 0 bridgehead atoms. The smallest absolute Gasteiger partial charge is 0.345 e. The second kappa shape index (κ2) is 8.97. The Morgan fingerprint density at radius 2 is 1.82 bits per heavy atom. The van der Waals surface area contributed by atoms with Crippen LogP contribution in [0.3, 0.4) is 0 Å². The Kier molecular flexibility index (Phi) is 6.41. The fraction of sp³-hybridized carbons (Fsp3) is 0.273. The van der Waals surface area contributed by atoms with Crippen molar-refractivity contribution in [1.29, 1.82) is 0 Å². The van der Waals surface area contributed by atoms with Crippen molar-refractivity contribution in [1.82, 2.24) is 0 Å². The van der Waals surface area contributed by atoms with E-state index in [9.17, 15) is 4.79 Å². The molecule has 0 aliphatic heterocycles. The van der Waals surface area contributed by atoms with Gasteiger partial charge in [0.25, 0.3) is 0 Å². The number of fused-ring (bicyclic) bond motifs is 1. The Morgan fingerprint density at radius 1 is 1.11 bits per heavy atom. The molecule has 146 valence electrons. The van der Waals surface area contributed by atoms with Crippen LogP contribution in [0.5, 0.6) is 0 Å². The normalized spacial score (nSPS) is 11.6. The molecule has 5 nitrogen and oxygen atoms in total. The number of oxime groups is 1. The lowest BCUT2D eigenvalue weighted by Gasteiger charge is -2.21. The van der Waals surface area contributed by atoms with Crippen molar-refractivity contribution >= 4 is 34.1 Å². The number of hydrogen-bond donors (Lipinski definition) is 0. The maximum absolute atomic E-state index is 12.7. The fourth-order valence-electron chi connectivity index (χ4n) is 3.15. The summed E-state index contributed by atoms with van der Waals surface area (Å²) in [7, 11) is 1.47. The molecule has 0 aliphatic carbocycles. The van der Waals surface area contributed by atoms with Gasteiger partial charge in [-0.2, -0.15) is 0 Å². The molecule has 3 rings (SSSR count). The average Bonchev–Trinajstić information content (AvgIpc) is 2.73. The molecule has 28 heavy (non-hydrogen) atoms. The number of anilines is 1. The maximum Gasteiger partial charge on any atom is 0.345 e. The quantitative estimate of drug-likeness (QED) is 0.249. The van der Waals surface area contributed by atoms with Gasteiger partial charge in [0.2, 0.25) is 0 Å². The molecule has 0 aliphatic rings. The summed E-state index contributed by atoms with van der Waals surface area (Å²) in [6.45, 7) is 5.98. The predicted octanol–water partition coefficient (Wildman–Crippen LogP) is 4.76. The van der Waals surface area contributed by atoms with Crippen LogP contribution in [-0.4, -0.2) is 32.2 Å². The molecular weight excluding hydrogens is 372 g/mol. The maximum atomic E-state index is 12.7. The first-order chi connectivity index (χ1) is 13.6. The van der Waals surface area contributed by atoms with Crippen LogP contribution in [0.1, 0.15) is 25.0 Å². The van der Waals surface area contributed by atoms with Gasteiger partial charge < -0.3 is 14.2 Å². The number of rotatable bonds is 7. The number of nitrogens with zero attached hydrogens (tertiary/aromatic N) is 2. The zero-order valence-corrected chi connectivity index (χ0v) is 17.4. The van der Waals surface area contributed by atoms with Crippen molar-refractivity contribution in [3.63, 3.8) is 0 Å². The van der Waals surface area contributed by atoms with Crippen LogP contribution in [-0.2, 0) is 4.84 Å². The summed E-state index contributed by atoms with van der Waals surface area (Å²) >= 11 is 1.66. The van der Waals surface area contributed by atoms with Crippen molar-refractivity contribution in [3.05, 3.63) is 70.1 Å². The summed E-state index contributed by atoms with van der Waals surface area (Å²) in [4.78, 5) is 21.1. The first-order valence-corrected chi connectivity index (χ1v) is 10.4. The van der Waals surface area contributed by atoms with Gasteiger partial charge in [0, 0.05) is 40.7 Å². The van der Waals surface area contributed by atoms with E-state index in [1.165, 1.54) is 7.11 Å². The Hall–Kier alpha value is -2.73. The summed E-state index contributed by atoms with van der Waals surface area (Å²) in [5, 5.41) is 4.94. The zero-order valence-electron chi connectivity index (χ0n) is 16.6. The minimum absolute atomic E-state index is 0.377. The van der Waals surface area contributed by atoms with Crippen LogP contribution < -0.4 is 10.5 Å². The van der Waals surface area contributed by atoms with Crippen molar-refractivity contribution in [2.24, 2.45) is 5.16 Å². The lowest BCUT2D eigenvalue weighted by atomic mass is 10.0. The van der Waals surface area contributed by atoms with E-state index >= 15 is 0 Å². The van der Waals surface area contributed by atoms with E-state index in [0.29, 0.717) is 16.9 Å². The molecule has 0 saturated heterocycles. The highest BCUT2D eigenvalue weighted by Crippen LogP contribution is 2.23. The third-order valence-corrected chi connectivity index (χ3v) is 5.39. The largest absolute Gasteiger partial charge is 0.422 e. The molecule has 0 radical (unpaired) electrons. The van der Waals surface area contributed by atoms with Gasteiger partial charge in [-0.3, -0.25) is 0 Å². The molecule has 0 fully saturated rings. The van der Waals surface area contributed by atoms with E-state index in [-0.39, 0.29) is 0 Å². The minimum Gasteiger partial charge on any atom is -0.422 e. The molecule has 0 amide bonds. The van der Waals surface area contributed by atoms with Gasteiger partial charge in [0.05, 0.1) is 5.56 Å². The van der Waals surface area contributed by atoms with Crippen molar-refractivity contribution in [2.45, 2.75) is 18.7 Å². The monoisotopic (exact) mass is 396 g/mol. The highest BCUT2D eigenvalue weighted by Gasteiger charge is 2.16. The van der Waals surface area contributed by atoms with Gasteiger partial charge in [-0.25, -0.2) is 4.79 Å².